The van der Waals surface area contributed by atoms with Crippen LogP contribution in [-0.4, -0.2) is 18.1 Å². The van der Waals surface area contributed by atoms with Gasteiger partial charge in [0.1, 0.15) is 0 Å². The first-order valence-electron chi connectivity index (χ1n) is 4.76. The van der Waals surface area contributed by atoms with E-state index in [4.69, 9.17) is 10.5 Å². The fourth-order valence-electron chi connectivity index (χ4n) is 0.889. The average molecular weight is 187 g/mol. The lowest BCUT2D eigenvalue weighted by Crippen LogP contribution is -2.28. The number of amides is 1. The summed E-state index contributed by atoms with van der Waals surface area (Å²) in [6.45, 7) is 8.90. The van der Waals surface area contributed by atoms with E-state index in [9.17, 15) is 4.79 Å². The molecule has 0 aliphatic rings. The number of rotatable bonds is 6. The molecule has 78 valence electrons. The summed E-state index contributed by atoms with van der Waals surface area (Å²) in [7, 11) is 0. The minimum absolute atomic E-state index is 0.237. The highest BCUT2D eigenvalue weighted by Gasteiger charge is 2.19. The van der Waals surface area contributed by atoms with Gasteiger partial charge in [0.2, 0.25) is 5.91 Å². The Morgan fingerprint density at radius 1 is 1.46 bits per heavy atom. The normalized spacial score (nSPS) is 12.1. The summed E-state index contributed by atoms with van der Waals surface area (Å²) in [6, 6.07) is 0. The van der Waals surface area contributed by atoms with Crippen molar-refractivity contribution in [1.29, 1.82) is 0 Å². The third kappa shape index (κ3) is 7.78. The van der Waals surface area contributed by atoms with Crippen molar-refractivity contribution >= 4 is 5.91 Å². The van der Waals surface area contributed by atoms with E-state index in [2.05, 4.69) is 13.8 Å². The van der Waals surface area contributed by atoms with E-state index < -0.39 is 0 Å². The zero-order valence-electron chi connectivity index (χ0n) is 9.09. The van der Waals surface area contributed by atoms with Crippen LogP contribution < -0.4 is 5.73 Å². The van der Waals surface area contributed by atoms with Crippen molar-refractivity contribution in [3.8, 4) is 0 Å². The molecule has 3 heteroatoms. The van der Waals surface area contributed by atoms with Gasteiger partial charge in [-0.15, -0.1) is 0 Å². The molecule has 0 radical (unpaired) electrons. The Morgan fingerprint density at radius 2 is 2.00 bits per heavy atom. The molecular weight excluding hydrogens is 166 g/mol. The molecule has 0 heterocycles. The molecule has 0 aromatic rings. The SMILES string of the molecule is CC(C)COC(C)(C)CCC(N)=O. The van der Waals surface area contributed by atoms with Gasteiger partial charge in [-0.1, -0.05) is 13.8 Å². The molecule has 0 bridgehead atoms. The number of nitrogens with two attached hydrogens (primary N) is 1. The first-order valence-corrected chi connectivity index (χ1v) is 4.76. The lowest BCUT2D eigenvalue weighted by atomic mass is 10.0. The van der Waals surface area contributed by atoms with Gasteiger partial charge >= 0.3 is 0 Å². The molecule has 0 rings (SSSR count). The van der Waals surface area contributed by atoms with Crippen LogP contribution in [0, 0.1) is 5.92 Å². The van der Waals surface area contributed by atoms with E-state index in [1.165, 1.54) is 0 Å². The third-order valence-electron chi connectivity index (χ3n) is 1.78. The van der Waals surface area contributed by atoms with Crippen molar-refractivity contribution in [2.75, 3.05) is 6.61 Å². The number of hydrogen-bond acceptors (Lipinski definition) is 2. The average Bonchev–Trinajstić information content (AvgIpc) is 1.98. The highest BCUT2D eigenvalue weighted by atomic mass is 16.5. The zero-order valence-corrected chi connectivity index (χ0v) is 9.09. The second-order valence-corrected chi connectivity index (χ2v) is 4.43. The van der Waals surface area contributed by atoms with Gasteiger partial charge in [-0.25, -0.2) is 0 Å². The summed E-state index contributed by atoms with van der Waals surface area (Å²) in [5.74, 6) is 0.258. The predicted molar refractivity (Wildman–Crippen MR) is 53.3 cm³/mol. The van der Waals surface area contributed by atoms with Crippen LogP contribution in [0.1, 0.15) is 40.5 Å². The Balaban J connectivity index is 3.72. The molecule has 3 nitrogen and oxygen atoms in total. The first-order chi connectivity index (χ1) is 5.83. The molecule has 0 aromatic heterocycles. The molecule has 0 aliphatic carbocycles. The maximum atomic E-state index is 10.6. The standard InChI is InChI=1S/C10H21NO2/c1-8(2)7-13-10(3,4)6-5-9(11)12/h8H,5-7H2,1-4H3,(H2,11,12). The first kappa shape index (κ1) is 12.4. The van der Waals surface area contributed by atoms with Crippen LogP contribution >= 0.6 is 0 Å². The summed E-state index contributed by atoms with van der Waals surface area (Å²) in [6.07, 6.45) is 1.08. The number of ether oxygens (including phenoxy) is 1. The van der Waals surface area contributed by atoms with E-state index >= 15 is 0 Å². The number of primary amides is 1. The summed E-state index contributed by atoms with van der Waals surface area (Å²) < 4.78 is 5.63. The Bertz CT molecular complexity index is 164. The van der Waals surface area contributed by atoms with Crippen molar-refractivity contribution in [2.45, 2.75) is 46.1 Å². The summed E-state index contributed by atoms with van der Waals surface area (Å²) in [5, 5.41) is 0. The molecule has 0 spiro atoms. The monoisotopic (exact) mass is 187 g/mol. The second-order valence-electron chi connectivity index (χ2n) is 4.43. The highest BCUT2D eigenvalue weighted by molar-refractivity contribution is 5.73. The van der Waals surface area contributed by atoms with Crippen LogP contribution in [0.4, 0.5) is 0 Å². The molecule has 13 heavy (non-hydrogen) atoms. The van der Waals surface area contributed by atoms with E-state index in [0.29, 0.717) is 18.8 Å². The van der Waals surface area contributed by atoms with Crippen molar-refractivity contribution in [3.63, 3.8) is 0 Å². The lowest BCUT2D eigenvalue weighted by Gasteiger charge is -2.25. The molecule has 0 saturated carbocycles. The highest BCUT2D eigenvalue weighted by Crippen LogP contribution is 2.17. The number of carbonyl (C=O) groups excluding carboxylic acids is 1. The Hall–Kier alpha value is -0.570. The van der Waals surface area contributed by atoms with Gasteiger partial charge in [0.05, 0.1) is 5.60 Å². The van der Waals surface area contributed by atoms with Crippen molar-refractivity contribution in [2.24, 2.45) is 11.7 Å². The smallest absolute Gasteiger partial charge is 0.217 e. The maximum Gasteiger partial charge on any atom is 0.217 e. The Morgan fingerprint density at radius 3 is 2.38 bits per heavy atom. The Labute approximate surface area is 80.6 Å². The van der Waals surface area contributed by atoms with Crippen LogP contribution in [-0.2, 0) is 9.53 Å². The Kier molecular flexibility index (Phi) is 4.99. The van der Waals surface area contributed by atoms with Crippen LogP contribution in [0.2, 0.25) is 0 Å². The van der Waals surface area contributed by atoms with Crippen molar-refractivity contribution < 1.29 is 9.53 Å². The third-order valence-corrected chi connectivity index (χ3v) is 1.78. The largest absolute Gasteiger partial charge is 0.375 e. The van der Waals surface area contributed by atoms with E-state index in [0.717, 1.165) is 6.61 Å². The molecule has 0 unspecified atom stereocenters. The van der Waals surface area contributed by atoms with Gasteiger partial charge in [-0.05, 0) is 26.2 Å². The number of hydrogen-bond donors (Lipinski definition) is 1. The molecule has 0 saturated heterocycles. The predicted octanol–water partition coefficient (Wildman–Crippen LogP) is 1.70. The minimum Gasteiger partial charge on any atom is -0.375 e. The molecule has 0 aromatic carbocycles. The van der Waals surface area contributed by atoms with Gasteiger partial charge in [-0.2, -0.15) is 0 Å². The summed E-state index contributed by atoms with van der Waals surface area (Å²) in [4.78, 5) is 10.6. The van der Waals surface area contributed by atoms with Crippen LogP contribution in [0.15, 0.2) is 0 Å². The fraction of sp³-hybridized carbons (Fsp3) is 0.900. The van der Waals surface area contributed by atoms with Crippen LogP contribution in [0.25, 0.3) is 0 Å². The van der Waals surface area contributed by atoms with Crippen molar-refractivity contribution in [3.05, 3.63) is 0 Å². The maximum absolute atomic E-state index is 10.6. The zero-order chi connectivity index (χ0) is 10.5. The molecular formula is C10H21NO2. The summed E-state index contributed by atoms with van der Waals surface area (Å²) >= 11 is 0. The fourth-order valence-corrected chi connectivity index (χ4v) is 0.889. The van der Waals surface area contributed by atoms with Crippen LogP contribution in [0.3, 0.4) is 0 Å². The van der Waals surface area contributed by atoms with Gasteiger partial charge in [0.25, 0.3) is 0 Å². The van der Waals surface area contributed by atoms with Gasteiger partial charge < -0.3 is 10.5 Å². The van der Waals surface area contributed by atoms with Gasteiger partial charge in [0, 0.05) is 13.0 Å². The molecule has 2 N–H and O–H groups in total. The molecule has 0 atom stereocenters. The quantitative estimate of drug-likeness (QED) is 0.688. The molecule has 0 aliphatic heterocycles. The van der Waals surface area contributed by atoms with E-state index in [-0.39, 0.29) is 11.5 Å². The summed E-state index contributed by atoms with van der Waals surface area (Å²) in [5.41, 5.74) is 4.82. The van der Waals surface area contributed by atoms with E-state index in [1.807, 2.05) is 13.8 Å². The topological polar surface area (TPSA) is 52.3 Å². The van der Waals surface area contributed by atoms with Crippen LogP contribution in [0.5, 0.6) is 0 Å². The van der Waals surface area contributed by atoms with Crippen molar-refractivity contribution in [1.82, 2.24) is 0 Å². The molecule has 0 fully saturated rings. The van der Waals surface area contributed by atoms with Gasteiger partial charge in [0.15, 0.2) is 0 Å². The second kappa shape index (κ2) is 5.22. The lowest BCUT2D eigenvalue weighted by molar-refractivity contribution is -0.120. The minimum atomic E-state index is -0.263. The van der Waals surface area contributed by atoms with E-state index in [1.54, 1.807) is 0 Å². The van der Waals surface area contributed by atoms with Gasteiger partial charge in [-0.3, -0.25) is 4.79 Å². The number of carbonyl (C=O) groups is 1. The molecule has 1 amide bonds.